The first-order valence-electron chi connectivity index (χ1n) is 6.32. The van der Waals surface area contributed by atoms with E-state index in [-0.39, 0.29) is 5.75 Å². The Morgan fingerprint density at radius 3 is 2.90 bits per heavy atom. The Hall–Kier alpha value is -1.34. The number of nitrogens with zero attached hydrogens (tertiary/aromatic N) is 1. The number of hydrogen-bond acceptors (Lipinski definition) is 4. The number of aryl methyl sites for hydroxylation is 2. The molecule has 0 N–H and O–H groups in total. The van der Waals surface area contributed by atoms with Crippen molar-refractivity contribution in [2.24, 2.45) is 0 Å². The fourth-order valence-electron chi connectivity index (χ4n) is 1.84. The largest absolute Gasteiger partial charge is 0.435 e. The van der Waals surface area contributed by atoms with Gasteiger partial charge in [0.25, 0.3) is 0 Å². The maximum atomic E-state index is 12.1. The molecular weight excluding hydrogens is 316 g/mol. The minimum atomic E-state index is -2.85. The van der Waals surface area contributed by atoms with Gasteiger partial charge in [0.05, 0.1) is 11.2 Å². The molecule has 1 heterocycles. The normalized spacial score (nSPS) is 12.6. The average molecular weight is 331 g/mol. The van der Waals surface area contributed by atoms with Gasteiger partial charge in [-0.3, -0.25) is 4.21 Å². The third kappa shape index (κ3) is 5.17. The second-order valence-electron chi connectivity index (χ2n) is 4.43. The number of aromatic nitrogens is 1. The van der Waals surface area contributed by atoms with Crippen LogP contribution in [-0.4, -0.2) is 21.6 Å². The van der Waals surface area contributed by atoms with E-state index in [1.54, 1.807) is 29.0 Å². The number of benzene rings is 1. The predicted octanol–water partition coefficient (Wildman–Crippen LogP) is 3.54. The molecule has 0 saturated carbocycles. The first kappa shape index (κ1) is 16.0. The third-order valence-corrected chi connectivity index (χ3v) is 5.16. The van der Waals surface area contributed by atoms with Crippen molar-refractivity contribution in [2.75, 3.05) is 5.75 Å². The lowest BCUT2D eigenvalue weighted by Crippen LogP contribution is -2.05. The molecule has 0 bridgehead atoms. The Bertz CT molecular complexity index is 617. The number of halogens is 2. The van der Waals surface area contributed by atoms with Gasteiger partial charge < -0.3 is 4.74 Å². The Morgan fingerprint density at radius 2 is 2.24 bits per heavy atom. The Balaban J connectivity index is 1.89. The quantitative estimate of drug-likeness (QED) is 0.779. The first-order valence-corrected chi connectivity index (χ1v) is 8.69. The topological polar surface area (TPSA) is 39.2 Å². The second kappa shape index (κ2) is 7.61. The van der Waals surface area contributed by atoms with Gasteiger partial charge in [-0.1, -0.05) is 12.1 Å². The van der Waals surface area contributed by atoms with Crippen LogP contribution in [0.3, 0.4) is 0 Å². The molecule has 114 valence electrons. The maximum absolute atomic E-state index is 12.1. The summed E-state index contributed by atoms with van der Waals surface area (Å²) in [6.07, 6.45) is 0.719. The molecule has 0 spiro atoms. The zero-order chi connectivity index (χ0) is 15.2. The van der Waals surface area contributed by atoms with Crippen LogP contribution < -0.4 is 4.74 Å². The fraction of sp³-hybridized carbons (Fsp3) is 0.357. The third-order valence-electron chi connectivity index (χ3n) is 2.85. The van der Waals surface area contributed by atoms with E-state index in [2.05, 4.69) is 9.72 Å². The van der Waals surface area contributed by atoms with Gasteiger partial charge in [0.1, 0.15) is 5.75 Å². The number of hydrogen-bond donors (Lipinski definition) is 0. The molecule has 0 aliphatic heterocycles. The summed E-state index contributed by atoms with van der Waals surface area (Å²) >= 11 is 1.56. The molecule has 2 aromatic rings. The van der Waals surface area contributed by atoms with Gasteiger partial charge in [-0.05, 0) is 31.0 Å². The van der Waals surface area contributed by atoms with Crippen LogP contribution in [0.1, 0.15) is 16.1 Å². The van der Waals surface area contributed by atoms with E-state index >= 15 is 0 Å². The average Bonchev–Trinajstić information content (AvgIpc) is 2.81. The number of thiazole rings is 1. The van der Waals surface area contributed by atoms with Gasteiger partial charge in [0.15, 0.2) is 0 Å². The van der Waals surface area contributed by atoms with Crippen molar-refractivity contribution >= 4 is 22.1 Å². The van der Waals surface area contributed by atoms with E-state index in [0.29, 0.717) is 11.5 Å². The summed E-state index contributed by atoms with van der Waals surface area (Å²) in [6.45, 7) is -0.917. The highest BCUT2D eigenvalue weighted by Gasteiger charge is 2.08. The van der Waals surface area contributed by atoms with Crippen molar-refractivity contribution in [1.29, 1.82) is 0 Å². The van der Waals surface area contributed by atoms with Crippen LogP contribution >= 0.6 is 11.3 Å². The van der Waals surface area contributed by atoms with Gasteiger partial charge in [-0.25, -0.2) is 4.98 Å². The predicted molar refractivity (Wildman–Crippen MR) is 80.3 cm³/mol. The molecule has 0 unspecified atom stereocenters. The van der Waals surface area contributed by atoms with Crippen LogP contribution in [0.15, 0.2) is 29.8 Å². The molecule has 3 nitrogen and oxygen atoms in total. The van der Waals surface area contributed by atoms with E-state index in [1.807, 2.05) is 6.92 Å². The van der Waals surface area contributed by atoms with Crippen LogP contribution in [-0.2, 0) is 23.0 Å². The smallest absolute Gasteiger partial charge is 0.387 e. The summed E-state index contributed by atoms with van der Waals surface area (Å²) in [6, 6.07) is 6.34. The zero-order valence-corrected chi connectivity index (χ0v) is 13.1. The van der Waals surface area contributed by atoms with E-state index in [9.17, 15) is 13.0 Å². The summed E-state index contributed by atoms with van der Waals surface area (Å²) in [5.41, 5.74) is 3.48. The van der Waals surface area contributed by atoms with E-state index < -0.39 is 17.4 Å². The lowest BCUT2D eigenvalue weighted by atomic mass is 10.2. The van der Waals surface area contributed by atoms with Gasteiger partial charge in [0, 0.05) is 27.2 Å². The molecule has 7 heteroatoms. The van der Waals surface area contributed by atoms with E-state index in [4.69, 9.17) is 0 Å². The summed E-state index contributed by atoms with van der Waals surface area (Å²) < 4.78 is 40.7. The van der Waals surface area contributed by atoms with Crippen LogP contribution in [0, 0.1) is 6.92 Å². The SMILES string of the molecule is Cc1ncsc1CC[S@@](=O)Cc1cccc(OC(F)F)c1. The van der Waals surface area contributed by atoms with Crippen LogP contribution in [0.2, 0.25) is 0 Å². The molecule has 1 atom stereocenters. The van der Waals surface area contributed by atoms with Crippen LogP contribution in [0.4, 0.5) is 8.78 Å². The molecular formula is C14H15F2NO2S2. The van der Waals surface area contributed by atoms with E-state index in [1.165, 1.54) is 12.1 Å². The molecule has 0 radical (unpaired) electrons. The molecule has 2 rings (SSSR count). The summed E-state index contributed by atoms with van der Waals surface area (Å²) in [7, 11) is -1.05. The highest BCUT2D eigenvalue weighted by molar-refractivity contribution is 7.84. The molecule has 0 aliphatic carbocycles. The van der Waals surface area contributed by atoms with Crippen molar-refractivity contribution in [3.63, 3.8) is 0 Å². The number of alkyl halides is 2. The highest BCUT2D eigenvalue weighted by Crippen LogP contribution is 2.18. The molecule has 0 fully saturated rings. The Kier molecular flexibility index (Phi) is 5.81. The van der Waals surface area contributed by atoms with Crippen LogP contribution in [0.25, 0.3) is 0 Å². The zero-order valence-electron chi connectivity index (χ0n) is 11.4. The molecule has 1 aromatic heterocycles. The minimum absolute atomic E-state index is 0.0952. The van der Waals surface area contributed by atoms with Gasteiger partial charge in [0.2, 0.25) is 0 Å². The number of rotatable bonds is 7. The summed E-state index contributed by atoms with van der Waals surface area (Å²) in [4.78, 5) is 5.29. The molecule has 0 amide bonds. The molecule has 21 heavy (non-hydrogen) atoms. The summed E-state index contributed by atoms with van der Waals surface area (Å²) in [5, 5.41) is 0. The van der Waals surface area contributed by atoms with Crippen molar-refractivity contribution in [1.82, 2.24) is 4.98 Å². The lowest BCUT2D eigenvalue weighted by molar-refractivity contribution is -0.0498. The van der Waals surface area contributed by atoms with Gasteiger partial charge in [-0.2, -0.15) is 8.78 Å². The second-order valence-corrected chi connectivity index (χ2v) is 6.94. The van der Waals surface area contributed by atoms with E-state index in [0.717, 1.165) is 22.6 Å². The Labute approximate surface area is 128 Å². The van der Waals surface area contributed by atoms with Gasteiger partial charge >= 0.3 is 6.61 Å². The molecule has 0 aliphatic rings. The molecule has 1 aromatic carbocycles. The van der Waals surface area contributed by atoms with Crippen molar-refractivity contribution in [3.8, 4) is 5.75 Å². The molecule has 0 saturated heterocycles. The van der Waals surface area contributed by atoms with Crippen molar-refractivity contribution in [2.45, 2.75) is 25.7 Å². The monoisotopic (exact) mass is 331 g/mol. The lowest BCUT2D eigenvalue weighted by Gasteiger charge is -2.07. The van der Waals surface area contributed by atoms with Crippen molar-refractivity contribution < 1.29 is 17.7 Å². The fourth-order valence-corrected chi connectivity index (χ4v) is 3.88. The highest BCUT2D eigenvalue weighted by atomic mass is 32.2. The van der Waals surface area contributed by atoms with Gasteiger partial charge in [-0.15, -0.1) is 11.3 Å². The number of ether oxygens (including phenoxy) is 1. The van der Waals surface area contributed by atoms with Crippen molar-refractivity contribution in [3.05, 3.63) is 45.9 Å². The maximum Gasteiger partial charge on any atom is 0.387 e. The van der Waals surface area contributed by atoms with Crippen LogP contribution in [0.5, 0.6) is 5.75 Å². The standard InChI is InChI=1S/C14H15F2NO2S2/c1-10-13(20-9-17-10)5-6-21(18)8-11-3-2-4-12(7-11)19-14(15)16/h2-4,7,9,14H,5-6,8H2,1H3/t21-/m1/s1. The first-order chi connectivity index (χ1) is 10.0. The summed E-state index contributed by atoms with van der Waals surface area (Å²) in [5.74, 6) is 0.958. The Morgan fingerprint density at radius 1 is 1.43 bits per heavy atom. The minimum Gasteiger partial charge on any atom is -0.435 e.